The van der Waals surface area contributed by atoms with Gasteiger partial charge in [0.25, 0.3) is 0 Å². The Morgan fingerprint density at radius 1 is 1.22 bits per heavy atom. The number of rotatable bonds is 3. The minimum atomic E-state index is -4.34. The zero-order valence-electron chi connectivity index (χ0n) is 10.3. The predicted molar refractivity (Wildman–Crippen MR) is 64.4 cm³/mol. The van der Waals surface area contributed by atoms with Gasteiger partial charge in [0.15, 0.2) is 0 Å². The first-order valence-corrected chi connectivity index (χ1v) is 6.02. The number of alkyl halides is 3. The minimum absolute atomic E-state index is 0.00556. The van der Waals surface area contributed by atoms with Gasteiger partial charge in [0.05, 0.1) is 23.3 Å². The molecule has 1 aromatic carbocycles. The molecule has 0 radical (unpaired) electrons. The second kappa shape index (κ2) is 4.63. The van der Waals surface area contributed by atoms with Crippen LogP contribution in [0.1, 0.15) is 38.3 Å². The first-order valence-electron chi connectivity index (χ1n) is 6.02. The molecule has 1 heterocycles. The number of para-hydroxylation sites is 1. The van der Waals surface area contributed by atoms with Crippen LogP contribution in [0.2, 0.25) is 0 Å². The van der Waals surface area contributed by atoms with Crippen molar-refractivity contribution in [3.63, 3.8) is 0 Å². The maximum atomic E-state index is 13.0. The van der Waals surface area contributed by atoms with E-state index in [0.717, 1.165) is 18.9 Å². The third kappa shape index (κ3) is 2.09. The van der Waals surface area contributed by atoms with Crippen molar-refractivity contribution in [2.45, 2.75) is 38.9 Å². The zero-order chi connectivity index (χ0) is 13.3. The van der Waals surface area contributed by atoms with Crippen molar-refractivity contribution in [3.05, 3.63) is 30.0 Å². The summed E-state index contributed by atoms with van der Waals surface area (Å²) in [6.45, 7) is 3.91. The Morgan fingerprint density at radius 3 is 2.44 bits per heavy atom. The second-order valence-electron chi connectivity index (χ2n) is 4.30. The van der Waals surface area contributed by atoms with Gasteiger partial charge in [-0.3, -0.25) is 4.68 Å². The molecule has 18 heavy (non-hydrogen) atoms. The van der Waals surface area contributed by atoms with Crippen molar-refractivity contribution in [1.82, 2.24) is 9.78 Å². The third-order valence-electron chi connectivity index (χ3n) is 3.21. The first-order chi connectivity index (χ1) is 8.49. The second-order valence-corrected chi connectivity index (χ2v) is 4.30. The fourth-order valence-corrected chi connectivity index (χ4v) is 2.24. The highest BCUT2D eigenvalue weighted by Crippen LogP contribution is 2.36. The Morgan fingerprint density at radius 2 is 1.89 bits per heavy atom. The van der Waals surface area contributed by atoms with E-state index in [1.807, 2.05) is 13.8 Å². The molecule has 0 aliphatic carbocycles. The molecule has 0 N–H and O–H groups in total. The third-order valence-corrected chi connectivity index (χ3v) is 3.21. The van der Waals surface area contributed by atoms with Gasteiger partial charge >= 0.3 is 6.18 Å². The van der Waals surface area contributed by atoms with Gasteiger partial charge in [0.1, 0.15) is 0 Å². The molecule has 5 heteroatoms. The molecule has 0 unspecified atom stereocenters. The van der Waals surface area contributed by atoms with Gasteiger partial charge in [-0.25, -0.2) is 0 Å². The van der Waals surface area contributed by atoms with Crippen LogP contribution in [0.5, 0.6) is 0 Å². The fourth-order valence-electron chi connectivity index (χ4n) is 2.24. The van der Waals surface area contributed by atoms with Gasteiger partial charge in [-0.15, -0.1) is 0 Å². The Balaban J connectivity index is 2.70. The monoisotopic (exact) mass is 256 g/mol. The summed E-state index contributed by atoms with van der Waals surface area (Å²) in [4.78, 5) is 0. The van der Waals surface area contributed by atoms with Crippen LogP contribution in [-0.2, 0) is 6.18 Å². The summed E-state index contributed by atoms with van der Waals surface area (Å²) < 4.78 is 40.5. The Hall–Kier alpha value is -1.52. The molecule has 2 rings (SSSR count). The Labute approximate surface area is 103 Å². The molecule has 0 saturated carbocycles. The van der Waals surface area contributed by atoms with E-state index in [4.69, 9.17) is 0 Å². The lowest BCUT2D eigenvalue weighted by atomic mass is 10.1. The highest BCUT2D eigenvalue weighted by Gasteiger charge is 2.34. The van der Waals surface area contributed by atoms with Crippen molar-refractivity contribution in [2.24, 2.45) is 0 Å². The molecule has 1 aromatic heterocycles. The zero-order valence-corrected chi connectivity index (χ0v) is 10.3. The molecule has 0 bridgehead atoms. The largest absolute Gasteiger partial charge is 0.418 e. The fraction of sp³-hybridized carbons (Fsp3) is 0.462. The molecule has 0 spiro atoms. The number of aromatic nitrogens is 2. The van der Waals surface area contributed by atoms with Gasteiger partial charge in [-0.1, -0.05) is 26.0 Å². The van der Waals surface area contributed by atoms with E-state index in [2.05, 4.69) is 5.10 Å². The standard InChI is InChI=1S/C13H15F3N2/c1-3-10(4-2)18-12-9(8-17-18)6-5-7-11(12)13(14,15)16/h5-8,10H,3-4H2,1-2H3. The topological polar surface area (TPSA) is 17.8 Å². The van der Waals surface area contributed by atoms with E-state index in [0.29, 0.717) is 5.39 Å². The van der Waals surface area contributed by atoms with Crippen LogP contribution in [0.4, 0.5) is 13.2 Å². The molecule has 0 saturated heterocycles. The van der Waals surface area contributed by atoms with Crippen LogP contribution in [0.3, 0.4) is 0 Å². The number of fused-ring (bicyclic) bond motifs is 1. The predicted octanol–water partition coefficient (Wildman–Crippen LogP) is 4.42. The summed E-state index contributed by atoms with van der Waals surface area (Å²) in [5.74, 6) is 0. The Bertz CT molecular complexity index is 539. The summed E-state index contributed by atoms with van der Waals surface area (Å²) in [5, 5.41) is 4.67. The lowest BCUT2D eigenvalue weighted by Crippen LogP contribution is -2.13. The number of hydrogen-bond acceptors (Lipinski definition) is 1. The van der Waals surface area contributed by atoms with E-state index in [1.165, 1.54) is 16.9 Å². The van der Waals surface area contributed by atoms with Gasteiger partial charge < -0.3 is 0 Å². The molecule has 0 atom stereocenters. The van der Waals surface area contributed by atoms with Gasteiger partial charge in [-0.2, -0.15) is 18.3 Å². The summed E-state index contributed by atoms with van der Waals surface area (Å²) in [6.07, 6.45) is -1.31. The average Bonchev–Trinajstić information content (AvgIpc) is 2.73. The smallest absolute Gasteiger partial charge is 0.261 e. The molecule has 2 aromatic rings. The molecular weight excluding hydrogens is 241 g/mol. The Kier molecular flexibility index (Phi) is 3.32. The van der Waals surface area contributed by atoms with Gasteiger partial charge in [0.2, 0.25) is 0 Å². The number of hydrogen-bond donors (Lipinski definition) is 0. The van der Waals surface area contributed by atoms with Crippen molar-refractivity contribution < 1.29 is 13.2 Å². The van der Waals surface area contributed by atoms with E-state index in [9.17, 15) is 13.2 Å². The molecule has 0 aliphatic heterocycles. The quantitative estimate of drug-likeness (QED) is 0.795. The lowest BCUT2D eigenvalue weighted by Gasteiger charge is -2.17. The van der Waals surface area contributed by atoms with E-state index < -0.39 is 11.7 Å². The minimum Gasteiger partial charge on any atom is -0.261 e. The van der Waals surface area contributed by atoms with Crippen molar-refractivity contribution in [1.29, 1.82) is 0 Å². The highest BCUT2D eigenvalue weighted by molar-refractivity contribution is 5.82. The van der Waals surface area contributed by atoms with Crippen LogP contribution < -0.4 is 0 Å². The summed E-state index contributed by atoms with van der Waals surface area (Å²) in [7, 11) is 0. The normalized spacial score (nSPS) is 12.6. The van der Waals surface area contributed by atoms with Crippen LogP contribution in [0.25, 0.3) is 10.9 Å². The maximum Gasteiger partial charge on any atom is 0.418 e. The molecule has 0 amide bonds. The van der Waals surface area contributed by atoms with Crippen molar-refractivity contribution in [3.8, 4) is 0 Å². The van der Waals surface area contributed by atoms with Gasteiger partial charge in [0, 0.05) is 5.39 Å². The van der Waals surface area contributed by atoms with E-state index in [1.54, 1.807) is 6.07 Å². The maximum absolute atomic E-state index is 13.0. The van der Waals surface area contributed by atoms with Crippen LogP contribution in [0, 0.1) is 0 Å². The summed E-state index contributed by atoms with van der Waals surface area (Å²) >= 11 is 0. The van der Waals surface area contributed by atoms with E-state index >= 15 is 0 Å². The van der Waals surface area contributed by atoms with Crippen molar-refractivity contribution in [2.75, 3.05) is 0 Å². The molecule has 0 aliphatic rings. The van der Waals surface area contributed by atoms with Crippen LogP contribution in [0.15, 0.2) is 24.4 Å². The highest BCUT2D eigenvalue weighted by atomic mass is 19.4. The van der Waals surface area contributed by atoms with Crippen LogP contribution >= 0.6 is 0 Å². The SMILES string of the molecule is CCC(CC)n1ncc2cccc(C(F)(F)F)c21. The van der Waals surface area contributed by atoms with Gasteiger partial charge in [-0.05, 0) is 18.9 Å². The first kappa shape index (κ1) is 12.9. The average molecular weight is 256 g/mol. The van der Waals surface area contributed by atoms with E-state index in [-0.39, 0.29) is 11.6 Å². The lowest BCUT2D eigenvalue weighted by molar-refractivity contribution is -0.136. The molecule has 0 fully saturated rings. The summed E-state index contributed by atoms with van der Waals surface area (Å²) in [6, 6.07) is 4.20. The molecule has 2 nitrogen and oxygen atoms in total. The molecule has 98 valence electrons. The molecular formula is C13H15F3N2. The number of halogens is 3. The van der Waals surface area contributed by atoms with Crippen molar-refractivity contribution >= 4 is 10.9 Å². The van der Waals surface area contributed by atoms with Crippen LogP contribution in [-0.4, -0.2) is 9.78 Å². The number of benzene rings is 1. The summed E-state index contributed by atoms with van der Waals surface area (Å²) in [5.41, 5.74) is -0.414. The number of nitrogens with zero attached hydrogens (tertiary/aromatic N) is 2.